The molecular formula is C19H22ClNO2S. The smallest absolute Gasteiger partial charge is 0.237 e. The van der Waals surface area contributed by atoms with Gasteiger partial charge in [0, 0.05) is 15.6 Å². The molecule has 0 aliphatic heterocycles. The van der Waals surface area contributed by atoms with Crippen molar-refractivity contribution < 1.29 is 9.53 Å². The topological polar surface area (TPSA) is 38.3 Å². The first-order chi connectivity index (χ1) is 11.5. The molecule has 128 valence electrons. The minimum absolute atomic E-state index is 0.00465. The van der Waals surface area contributed by atoms with Gasteiger partial charge >= 0.3 is 0 Å². The third kappa shape index (κ3) is 5.77. The molecule has 2 aromatic carbocycles. The molecule has 0 spiro atoms. The number of ether oxygens (including phenoxy) is 1. The Balaban J connectivity index is 1.97. The van der Waals surface area contributed by atoms with E-state index in [1.165, 1.54) is 0 Å². The zero-order valence-corrected chi connectivity index (χ0v) is 15.7. The minimum atomic E-state index is -0.155. The van der Waals surface area contributed by atoms with E-state index in [2.05, 4.69) is 5.32 Å². The fourth-order valence-corrected chi connectivity index (χ4v) is 3.19. The summed E-state index contributed by atoms with van der Waals surface area (Å²) in [5.41, 5.74) is 0.770. The zero-order valence-electron chi connectivity index (χ0n) is 14.1. The fraction of sp³-hybridized carbons (Fsp3) is 0.316. The predicted molar refractivity (Wildman–Crippen MR) is 102 cm³/mol. The Kier molecular flexibility index (Phi) is 7.00. The summed E-state index contributed by atoms with van der Waals surface area (Å²) in [4.78, 5) is 13.5. The molecule has 0 saturated heterocycles. The number of carbonyl (C=O) groups is 1. The lowest BCUT2D eigenvalue weighted by atomic mass is 10.2. The van der Waals surface area contributed by atoms with Crippen molar-refractivity contribution in [2.45, 2.75) is 43.4 Å². The van der Waals surface area contributed by atoms with Crippen molar-refractivity contribution in [3.63, 3.8) is 0 Å². The summed E-state index contributed by atoms with van der Waals surface area (Å²) in [6.07, 6.45) is 0.874. The van der Waals surface area contributed by atoms with Crippen LogP contribution >= 0.6 is 23.4 Å². The van der Waals surface area contributed by atoms with Gasteiger partial charge in [0.2, 0.25) is 5.91 Å². The highest BCUT2D eigenvalue weighted by atomic mass is 35.5. The van der Waals surface area contributed by atoms with Crippen molar-refractivity contribution >= 4 is 35.0 Å². The van der Waals surface area contributed by atoms with Crippen LogP contribution in [0, 0.1) is 0 Å². The van der Waals surface area contributed by atoms with Gasteiger partial charge in [-0.25, -0.2) is 0 Å². The molecule has 0 aromatic heterocycles. The van der Waals surface area contributed by atoms with Gasteiger partial charge in [0.15, 0.2) is 0 Å². The average Bonchev–Trinajstić information content (AvgIpc) is 2.55. The normalized spacial score (nSPS) is 12.0. The summed E-state index contributed by atoms with van der Waals surface area (Å²) in [5.74, 6) is 0.792. The fourth-order valence-electron chi connectivity index (χ4n) is 2.11. The Morgan fingerprint density at radius 1 is 1.12 bits per heavy atom. The van der Waals surface area contributed by atoms with Crippen molar-refractivity contribution in [1.82, 2.24) is 0 Å². The SMILES string of the molecule is CCC(Sc1ccc(Cl)cc1)C(=O)Nc1ccc(OC(C)C)cc1. The highest BCUT2D eigenvalue weighted by molar-refractivity contribution is 8.00. The summed E-state index contributed by atoms with van der Waals surface area (Å²) in [5, 5.41) is 3.50. The van der Waals surface area contributed by atoms with Gasteiger partial charge in [0.1, 0.15) is 5.75 Å². The van der Waals surface area contributed by atoms with E-state index in [1.807, 2.05) is 69.3 Å². The maximum atomic E-state index is 12.5. The second kappa shape index (κ2) is 9.00. The Bertz CT molecular complexity index is 656. The second-order valence-corrected chi connectivity index (χ2v) is 7.36. The number of nitrogens with one attached hydrogen (secondary N) is 1. The summed E-state index contributed by atoms with van der Waals surface area (Å²) in [7, 11) is 0. The van der Waals surface area contributed by atoms with Gasteiger partial charge in [-0.15, -0.1) is 11.8 Å². The molecule has 1 atom stereocenters. The molecule has 0 fully saturated rings. The third-order valence-electron chi connectivity index (χ3n) is 3.25. The molecule has 0 aliphatic rings. The average molecular weight is 364 g/mol. The van der Waals surface area contributed by atoms with Crippen molar-refractivity contribution in [2.75, 3.05) is 5.32 Å². The number of thioether (sulfide) groups is 1. The van der Waals surface area contributed by atoms with E-state index >= 15 is 0 Å². The van der Waals surface area contributed by atoms with Crippen molar-refractivity contribution in [2.24, 2.45) is 0 Å². The highest BCUT2D eigenvalue weighted by Gasteiger charge is 2.18. The molecule has 0 radical (unpaired) electrons. The van der Waals surface area contributed by atoms with Crippen LogP contribution in [0.5, 0.6) is 5.75 Å². The highest BCUT2D eigenvalue weighted by Crippen LogP contribution is 2.28. The van der Waals surface area contributed by atoms with Crippen LogP contribution in [-0.2, 0) is 4.79 Å². The number of carbonyl (C=O) groups excluding carboxylic acids is 1. The van der Waals surface area contributed by atoms with Crippen LogP contribution in [0.4, 0.5) is 5.69 Å². The Morgan fingerprint density at radius 2 is 1.75 bits per heavy atom. The van der Waals surface area contributed by atoms with Crippen LogP contribution in [0.1, 0.15) is 27.2 Å². The number of rotatable bonds is 7. The van der Waals surface area contributed by atoms with Crippen molar-refractivity contribution in [1.29, 1.82) is 0 Å². The first kappa shape index (κ1) is 18.7. The molecule has 1 amide bonds. The zero-order chi connectivity index (χ0) is 17.5. The van der Waals surface area contributed by atoms with Gasteiger partial charge in [-0.2, -0.15) is 0 Å². The third-order valence-corrected chi connectivity index (χ3v) is 4.88. The van der Waals surface area contributed by atoms with Gasteiger partial charge in [-0.05, 0) is 68.8 Å². The maximum absolute atomic E-state index is 12.5. The molecule has 0 heterocycles. The standard InChI is InChI=1S/C19H22ClNO2S/c1-4-18(24-17-11-5-14(20)6-12-17)19(22)21-15-7-9-16(10-8-15)23-13(2)3/h5-13,18H,4H2,1-3H3,(H,21,22). The van der Waals surface area contributed by atoms with Gasteiger partial charge < -0.3 is 10.1 Å². The lowest BCUT2D eigenvalue weighted by molar-refractivity contribution is -0.115. The van der Waals surface area contributed by atoms with Crippen molar-refractivity contribution in [3.8, 4) is 5.75 Å². The summed E-state index contributed by atoms with van der Waals surface area (Å²) in [6, 6.07) is 15.0. The molecule has 24 heavy (non-hydrogen) atoms. The Morgan fingerprint density at radius 3 is 2.29 bits per heavy atom. The maximum Gasteiger partial charge on any atom is 0.237 e. The first-order valence-corrected chi connectivity index (χ1v) is 9.23. The number of hydrogen-bond acceptors (Lipinski definition) is 3. The quantitative estimate of drug-likeness (QED) is 0.647. The van der Waals surface area contributed by atoms with E-state index in [9.17, 15) is 4.79 Å². The molecular weight excluding hydrogens is 342 g/mol. The van der Waals surface area contributed by atoms with Crippen LogP contribution in [0.2, 0.25) is 5.02 Å². The molecule has 2 aromatic rings. The van der Waals surface area contributed by atoms with Crippen LogP contribution in [-0.4, -0.2) is 17.3 Å². The van der Waals surface area contributed by atoms with Crippen LogP contribution in [0.15, 0.2) is 53.4 Å². The predicted octanol–water partition coefficient (Wildman–Crippen LogP) is 5.64. The molecule has 0 aliphatic carbocycles. The van der Waals surface area contributed by atoms with Crippen LogP contribution < -0.4 is 10.1 Å². The van der Waals surface area contributed by atoms with E-state index in [1.54, 1.807) is 11.8 Å². The Labute approximate surface area is 152 Å². The molecule has 0 saturated carbocycles. The molecule has 3 nitrogen and oxygen atoms in total. The number of benzene rings is 2. The van der Waals surface area contributed by atoms with E-state index < -0.39 is 0 Å². The van der Waals surface area contributed by atoms with E-state index in [0.717, 1.165) is 22.8 Å². The van der Waals surface area contributed by atoms with Crippen LogP contribution in [0.3, 0.4) is 0 Å². The Hall–Kier alpha value is -1.65. The van der Waals surface area contributed by atoms with E-state index in [4.69, 9.17) is 16.3 Å². The van der Waals surface area contributed by atoms with E-state index in [0.29, 0.717) is 5.02 Å². The summed E-state index contributed by atoms with van der Waals surface area (Å²) in [6.45, 7) is 5.97. The van der Waals surface area contributed by atoms with Crippen molar-refractivity contribution in [3.05, 3.63) is 53.6 Å². The van der Waals surface area contributed by atoms with Gasteiger partial charge in [-0.3, -0.25) is 4.79 Å². The molecule has 1 N–H and O–H groups in total. The first-order valence-electron chi connectivity index (χ1n) is 7.97. The monoisotopic (exact) mass is 363 g/mol. The minimum Gasteiger partial charge on any atom is -0.491 e. The summed E-state index contributed by atoms with van der Waals surface area (Å²) < 4.78 is 5.60. The second-order valence-electron chi connectivity index (χ2n) is 5.65. The largest absolute Gasteiger partial charge is 0.491 e. The number of halogens is 1. The van der Waals surface area contributed by atoms with Gasteiger partial charge in [-0.1, -0.05) is 18.5 Å². The summed E-state index contributed by atoms with van der Waals surface area (Å²) >= 11 is 7.44. The lowest BCUT2D eigenvalue weighted by Crippen LogP contribution is -2.24. The molecule has 2 rings (SSSR count). The molecule has 0 bridgehead atoms. The number of hydrogen-bond donors (Lipinski definition) is 1. The molecule has 1 unspecified atom stereocenters. The van der Waals surface area contributed by atoms with Gasteiger partial charge in [0.05, 0.1) is 11.4 Å². The molecule has 5 heteroatoms. The number of anilines is 1. The lowest BCUT2D eigenvalue weighted by Gasteiger charge is -2.15. The number of amides is 1. The van der Waals surface area contributed by atoms with E-state index in [-0.39, 0.29) is 17.3 Å². The van der Waals surface area contributed by atoms with Gasteiger partial charge in [0.25, 0.3) is 0 Å². The van der Waals surface area contributed by atoms with Crippen LogP contribution in [0.25, 0.3) is 0 Å².